The number of hydrogen-bond donors (Lipinski definition) is 1. The average Bonchev–Trinajstić information content (AvgIpc) is 3.62. The second kappa shape index (κ2) is 14.6. The van der Waals surface area contributed by atoms with Crippen molar-refractivity contribution >= 4 is 29.3 Å². The van der Waals surface area contributed by atoms with Crippen LogP contribution in [0, 0.1) is 45.3 Å². The van der Waals surface area contributed by atoms with E-state index in [9.17, 15) is 24.3 Å². The fourth-order valence-electron chi connectivity index (χ4n) is 12.3. The molecule has 1 unspecified atom stereocenters. The van der Waals surface area contributed by atoms with Gasteiger partial charge in [-0.1, -0.05) is 60.1 Å². The third-order valence-corrected chi connectivity index (χ3v) is 16.0. The SMILES string of the molecule is CC[C@H](CC[C@@]1(C)[C@H](C)CCC2(C)[C@@H]1CC[C@@H]1C3=C(C(C)C)C(=O)C[C@]3(c3cc(=O)n(-c4ccc(Cl)cn4)n3CC)CC[C@]12C)OC(=O)CC(C)(C)C(=O)O. The molecule has 0 spiro atoms. The van der Waals surface area contributed by atoms with E-state index in [4.69, 9.17) is 16.3 Å². The van der Waals surface area contributed by atoms with Gasteiger partial charge in [0.05, 0.1) is 22.6 Å². The number of carbonyl (C=O) groups is 3. The van der Waals surface area contributed by atoms with Gasteiger partial charge in [0.15, 0.2) is 11.6 Å². The molecule has 0 aromatic carbocycles. The second-order valence-corrected chi connectivity index (χ2v) is 19.7. The Kier molecular flexibility index (Phi) is 11.0. The number of nitrogens with zero attached hydrogens (tertiary/aromatic N) is 3. The van der Waals surface area contributed by atoms with E-state index in [0.717, 1.165) is 62.6 Å². The zero-order chi connectivity index (χ0) is 40.5. The van der Waals surface area contributed by atoms with E-state index < -0.39 is 22.8 Å². The summed E-state index contributed by atoms with van der Waals surface area (Å²) in [7, 11) is 0. The highest BCUT2D eigenvalue weighted by Crippen LogP contribution is 2.75. The fraction of sp³-hybridized carbons (Fsp3) is 0.711. The normalized spacial score (nSPS) is 32.6. The third-order valence-electron chi connectivity index (χ3n) is 15.8. The van der Waals surface area contributed by atoms with Crippen LogP contribution in [-0.4, -0.2) is 43.3 Å². The molecule has 2 heterocycles. The van der Waals surface area contributed by atoms with Gasteiger partial charge in [-0.15, -0.1) is 0 Å². The molecule has 2 aromatic heterocycles. The Morgan fingerprint density at radius 2 is 1.76 bits per heavy atom. The smallest absolute Gasteiger partial charge is 0.309 e. The lowest BCUT2D eigenvalue weighted by Gasteiger charge is -2.69. The number of carboxylic acid groups (broad SMARTS) is 1. The monoisotopic (exact) mass is 777 g/mol. The maximum atomic E-state index is 14.4. The van der Waals surface area contributed by atoms with Crippen LogP contribution in [0.2, 0.25) is 5.02 Å². The van der Waals surface area contributed by atoms with Gasteiger partial charge in [-0.05, 0) is 142 Å². The summed E-state index contributed by atoms with van der Waals surface area (Å²) in [6.07, 6.45) is 9.98. The Morgan fingerprint density at radius 3 is 2.36 bits per heavy atom. The van der Waals surface area contributed by atoms with E-state index in [1.54, 1.807) is 42.9 Å². The summed E-state index contributed by atoms with van der Waals surface area (Å²) in [5.74, 6) is 0.520. The molecule has 0 bridgehead atoms. The first kappa shape index (κ1) is 41.4. The molecule has 3 saturated carbocycles. The molecule has 4 aliphatic carbocycles. The minimum Gasteiger partial charge on any atom is -0.481 e. The van der Waals surface area contributed by atoms with Crippen molar-refractivity contribution in [3.05, 3.63) is 56.6 Å². The van der Waals surface area contributed by atoms with Crippen molar-refractivity contribution in [3.63, 3.8) is 0 Å². The molecule has 0 amide bonds. The lowest BCUT2D eigenvalue weighted by Crippen LogP contribution is -2.62. The molecule has 0 saturated heterocycles. The van der Waals surface area contributed by atoms with Crippen LogP contribution in [0.5, 0.6) is 0 Å². The molecular formula is C45H64ClN3O6. The van der Waals surface area contributed by atoms with Crippen LogP contribution in [-0.2, 0) is 31.1 Å². The quantitative estimate of drug-likeness (QED) is 0.213. The molecule has 55 heavy (non-hydrogen) atoms. The van der Waals surface area contributed by atoms with Crippen molar-refractivity contribution in [2.24, 2.45) is 45.3 Å². The summed E-state index contributed by atoms with van der Waals surface area (Å²) >= 11 is 6.19. The predicted molar refractivity (Wildman–Crippen MR) is 215 cm³/mol. The van der Waals surface area contributed by atoms with E-state index >= 15 is 0 Å². The summed E-state index contributed by atoms with van der Waals surface area (Å²) in [5, 5.41) is 10.1. The summed E-state index contributed by atoms with van der Waals surface area (Å²) in [5.41, 5.74) is 1.32. The topological polar surface area (TPSA) is 120 Å². The largest absolute Gasteiger partial charge is 0.481 e. The van der Waals surface area contributed by atoms with Gasteiger partial charge in [0, 0.05) is 30.6 Å². The molecule has 302 valence electrons. The van der Waals surface area contributed by atoms with Crippen LogP contribution >= 0.6 is 11.6 Å². The fourth-order valence-corrected chi connectivity index (χ4v) is 12.4. The Labute approximate surface area is 332 Å². The zero-order valence-electron chi connectivity index (χ0n) is 34.9. The van der Waals surface area contributed by atoms with Crippen molar-refractivity contribution in [3.8, 4) is 5.82 Å². The molecule has 1 N–H and O–H groups in total. The van der Waals surface area contributed by atoms with Gasteiger partial charge in [-0.3, -0.25) is 23.9 Å². The molecule has 9 nitrogen and oxygen atoms in total. The van der Waals surface area contributed by atoms with Crippen LogP contribution in [0.1, 0.15) is 146 Å². The molecule has 0 aliphatic heterocycles. The van der Waals surface area contributed by atoms with Crippen molar-refractivity contribution < 1.29 is 24.2 Å². The van der Waals surface area contributed by atoms with E-state index in [0.29, 0.717) is 42.1 Å². The highest BCUT2D eigenvalue weighted by molar-refractivity contribution is 6.30. The lowest BCUT2D eigenvalue weighted by atomic mass is 9.35. The first-order valence-corrected chi connectivity index (χ1v) is 21.2. The number of Topliss-reactive ketones (excluding diaryl/α,β-unsaturated/α-hetero) is 1. The van der Waals surface area contributed by atoms with Crippen LogP contribution < -0.4 is 5.56 Å². The molecule has 8 atom stereocenters. The maximum Gasteiger partial charge on any atom is 0.309 e. The van der Waals surface area contributed by atoms with Crippen LogP contribution in [0.3, 0.4) is 0 Å². The number of ketones is 1. The number of esters is 1. The minimum absolute atomic E-state index is 0.0115. The Balaban J connectivity index is 1.36. The second-order valence-electron chi connectivity index (χ2n) is 19.3. The van der Waals surface area contributed by atoms with E-state index in [1.807, 2.05) is 6.92 Å². The van der Waals surface area contributed by atoms with Crippen LogP contribution in [0.4, 0.5) is 0 Å². The van der Waals surface area contributed by atoms with E-state index in [2.05, 4.69) is 58.1 Å². The van der Waals surface area contributed by atoms with Gasteiger partial charge in [0.2, 0.25) is 0 Å². The number of rotatable bonds is 12. The third kappa shape index (κ3) is 6.56. The Morgan fingerprint density at radius 1 is 1.05 bits per heavy atom. The highest BCUT2D eigenvalue weighted by Gasteiger charge is 2.68. The number of halogens is 1. The zero-order valence-corrected chi connectivity index (χ0v) is 35.6. The number of pyridine rings is 1. The summed E-state index contributed by atoms with van der Waals surface area (Å²) in [6.45, 7) is 22.0. The number of hydrogen-bond acceptors (Lipinski definition) is 6. The van der Waals surface area contributed by atoms with Crippen molar-refractivity contribution in [2.45, 2.75) is 158 Å². The molecule has 10 heteroatoms. The average molecular weight is 778 g/mol. The number of aromatic nitrogens is 3. The molecule has 4 aliphatic rings. The Bertz CT molecular complexity index is 1930. The van der Waals surface area contributed by atoms with Gasteiger partial charge in [-0.2, -0.15) is 4.68 Å². The van der Waals surface area contributed by atoms with Gasteiger partial charge < -0.3 is 9.84 Å². The van der Waals surface area contributed by atoms with Crippen molar-refractivity contribution in [1.29, 1.82) is 0 Å². The summed E-state index contributed by atoms with van der Waals surface area (Å²) in [4.78, 5) is 57.4. The number of aliphatic carboxylic acids is 1. The first-order valence-electron chi connectivity index (χ1n) is 20.9. The van der Waals surface area contributed by atoms with Crippen molar-refractivity contribution in [2.75, 3.05) is 0 Å². The van der Waals surface area contributed by atoms with Gasteiger partial charge in [0.1, 0.15) is 6.10 Å². The number of carbonyl (C=O) groups excluding carboxylic acids is 2. The number of allylic oxidation sites excluding steroid dienone is 2. The van der Waals surface area contributed by atoms with Crippen molar-refractivity contribution in [1.82, 2.24) is 14.3 Å². The number of carboxylic acids is 1. The van der Waals surface area contributed by atoms with E-state index in [1.165, 1.54) is 5.57 Å². The minimum atomic E-state index is -1.17. The standard InChI is InChI=1S/C45H64ClN3O6/c1-11-30(55-37(52)25-41(6,7)40(53)54)18-19-42(8)28(5)17-20-44(10)33(42)15-14-31-39-38(27(3)4)32(50)24-45(39,22-21-43(31,44)9)34-23-36(51)49(48(34)12-2)35-16-13-29(46)26-47-35/h13,16,23,26-28,30-31,33H,11-12,14-15,17-22,24-25H2,1-10H3,(H,53,54)/t28-,30-,31-,33-,42+,43-,44?,45+/m1/s1. The van der Waals surface area contributed by atoms with E-state index in [-0.39, 0.29) is 51.9 Å². The molecular weight excluding hydrogens is 714 g/mol. The van der Waals surface area contributed by atoms with Crippen LogP contribution in [0.15, 0.2) is 40.3 Å². The van der Waals surface area contributed by atoms with Crippen LogP contribution in [0.25, 0.3) is 5.82 Å². The Hall–Kier alpha value is -3.20. The maximum absolute atomic E-state index is 14.4. The summed E-state index contributed by atoms with van der Waals surface area (Å²) in [6, 6.07) is 5.32. The molecule has 3 fully saturated rings. The molecule has 2 aromatic rings. The van der Waals surface area contributed by atoms with Gasteiger partial charge in [0.25, 0.3) is 5.56 Å². The highest BCUT2D eigenvalue weighted by atomic mass is 35.5. The molecule has 0 radical (unpaired) electrons. The lowest BCUT2D eigenvalue weighted by molar-refractivity contribution is -0.184. The first-order chi connectivity index (χ1) is 25.7. The van der Waals surface area contributed by atoms with Gasteiger partial charge in [-0.25, -0.2) is 4.98 Å². The number of fused-ring (bicyclic) bond motifs is 5. The molecule has 6 rings (SSSR count). The summed E-state index contributed by atoms with van der Waals surface area (Å²) < 4.78 is 9.67. The van der Waals surface area contributed by atoms with Gasteiger partial charge >= 0.3 is 11.9 Å². The number of ether oxygens (including phenoxy) is 1. The predicted octanol–water partition coefficient (Wildman–Crippen LogP) is 9.74.